The first-order valence-electron chi connectivity index (χ1n) is 6.86. The minimum atomic E-state index is 0.370. The maximum atomic E-state index is 6.29. The van der Waals surface area contributed by atoms with Crippen LogP contribution in [0.15, 0.2) is 0 Å². The third-order valence-electron chi connectivity index (χ3n) is 5.92. The van der Waals surface area contributed by atoms with E-state index >= 15 is 0 Å². The van der Waals surface area contributed by atoms with Crippen molar-refractivity contribution in [3.63, 3.8) is 0 Å². The Kier molecular flexibility index (Phi) is 1.47. The second-order valence-corrected chi connectivity index (χ2v) is 6.95. The Labute approximate surface area is 92.6 Å². The molecular formula is C14H22O. The predicted molar refractivity (Wildman–Crippen MR) is 59.6 cm³/mol. The van der Waals surface area contributed by atoms with Gasteiger partial charge in [0.1, 0.15) is 0 Å². The zero-order valence-electron chi connectivity index (χ0n) is 9.85. The number of ether oxygens (including phenoxy) is 1. The van der Waals surface area contributed by atoms with Gasteiger partial charge in [0, 0.05) is 6.61 Å². The van der Waals surface area contributed by atoms with Gasteiger partial charge in [0.15, 0.2) is 0 Å². The van der Waals surface area contributed by atoms with Crippen LogP contribution in [0.25, 0.3) is 0 Å². The number of hydrogen-bond acceptors (Lipinski definition) is 1. The lowest BCUT2D eigenvalue weighted by Gasteiger charge is -2.43. The molecule has 5 aliphatic carbocycles. The van der Waals surface area contributed by atoms with Gasteiger partial charge in [-0.3, -0.25) is 0 Å². The number of rotatable bonds is 4. The van der Waals surface area contributed by atoms with E-state index in [9.17, 15) is 0 Å². The Morgan fingerprint density at radius 2 is 1.80 bits per heavy atom. The van der Waals surface area contributed by atoms with Gasteiger partial charge in [0.05, 0.1) is 5.60 Å². The smallest absolute Gasteiger partial charge is 0.0696 e. The van der Waals surface area contributed by atoms with Gasteiger partial charge in [-0.1, -0.05) is 13.3 Å². The molecule has 0 N–H and O–H groups in total. The van der Waals surface area contributed by atoms with E-state index < -0.39 is 0 Å². The molecule has 1 nitrogen and oxygen atoms in total. The normalized spacial score (nSPS) is 58.6. The van der Waals surface area contributed by atoms with Gasteiger partial charge in [-0.05, 0) is 61.7 Å². The monoisotopic (exact) mass is 206 g/mol. The summed E-state index contributed by atoms with van der Waals surface area (Å²) in [6.07, 6.45) is 11.5. The molecule has 5 aliphatic rings. The van der Waals surface area contributed by atoms with Crippen LogP contribution in [0.5, 0.6) is 0 Å². The van der Waals surface area contributed by atoms with E-state index in [4.69, 9.17) is 4.74 Å². The van der Waals surface area contributed by atoms with Crippen LogP contribution in [-0.4, -0.2) is 12.2 Å². The summed E-state index contributed by atoms with van der Waals surface area (Å²) in [6.45, 7) is 3.28. The third-order valence-corrected chi connectivity index (χ3v) is 5.92. The summed E-state index contributed by atoms with van der Waals surface area (Å²) >= 11 is 0. The summed E-state index contributed by atoms with van der Waals surface area (Å²) in [7, 11) is 0. The number of unbranched alkanes of at least 4 members (excludes halogenated alkanes) is 1. The molecule has 5 fully saturated rings. The summed E-state index contributed by atoms with van der Waals surface area (Å²) in [5, 5.41) is 0. The van der Waals surface area contributed by atoms with Gasteiger partial charge < -0.3 is 4.74 Å². The largest absolute Gasteiger partial charge is 0.375 e. The molecule has 1 heteroatoms. The molecule has 0 aromatic rings. The zero-order valence-corrected chi connectivity index (χ0v) is 9.85. The minimum absolute atomic E-state index is 0.370. The molecular weight excluding hydrogens is 184 g/mol. The van der Waals surface area contributed by atoms with Gasteiger partial charge in [0.25, 0.3) is 0 Å². The quantitative estimate of drug-likeness (QED) is 0.639. The molecule has 0 amide bonds. The van der Waals surface area contributed by atoms with Gasteiger partial charge in [-0.15, -0.1) is 0 Å². The van der Waals surface area contributed by atoms with Crippen molar-refractivity contribution in [1.29, 1.82) is 0 Å². The lowest BCUT2D eigenvalue weighted by molar-refractivity contribution is -0.0994. The molecule has 2 unspecified atom stereocenters. The molecule has 0 heterocycles. The molecule has 0 aromatic carbocycles. The Morgan fingerprint density at radius 1 is 1.07 bits per heavy atom. The van der Waals surface area contributed by atoms with Crippen molar-refractivity contribution >= 4 is 0 Å². The van der Waals surface area contributed by atoms with Crippen molar-refractivity contribution in [1.82, 2.24) is 0 Å². The minimum Gasteiger partial charge on any atom is -0.375 e. The van der Waals surface area contributed by atoms with E-state index in [1.165, 1.54) is 32.1 Å². The summed E-state index contributed by atoms with van der Waals surface area (Å²) < 4.78 is 6.29. The topological polar surface area (TPSA) is 9.23 Å². The highest BCUT2D eigenvalue weighted by molar-refractivity contribution is 5.32. The van der Waals surface area contributed by atoms with E-state index in [-0.39, 0.29) is 0 Å². The fourth-order valence-corrected chi connectivity index (χ4v) is 5.71. The van der Waals surface area contributed by atoms with Crippen LogP contribution in [0, 0.1) is 16.7 Å². The molecule has 2 spiro atoms. The van der Waals surface area contributed by atoms with Crippen molar-refractivity contribution in [3.05, 3.63) is 0 Å². The first-order chi connectivity index (χ1) is 7.22. The third kappa shape index (κ3) is 0.945. The van der Waals surface area contributed by atoms with Gasteiger partial charge in [-0.25, -0.2) is 0 Å². The van der Waals surface area contributed by atoms with Gasteiger partial charge in [0.2, 0.25) is 0 Å². The summed E-state index contributed by atoms with van der Waals surface area (Å²) in [4.78, 5) is 0. The van der Waals surface area contributed by atoms with Crippen molar-refractivity contribution in [2.24, 2.45) is 16.7 Å². The van der Waals surface area contributed by atoms with Gasteiger partial charge >= 0.3 is 0 Å². The Morgan fingerprint density at radius 3 is 2.40 bits per heavy atom. The van der Waals surface area contributed by atoms with E-state index in [0.717, 1.165) is 23.4 Å². The lowest BCUT2D eigenvalue weighted by Crippen LogP contribution is -2.41. The predicted octanol–water partition coefficient (Wildman–Crippen LogP) is 3.53. The highest BCUT2D eigenvalue weighted by atomic mass is 16.5. The molecule has 5 rings (SSSR count). The summed E-state index contributed by atoms with van der Waals surface area (Å²) in [6, 6.07) is 0. The second-order valence-electron chi connectivity index (χ2n) is 6.95. The van der Waals surface area contributed by atoms with Crippen LogP contribution in [0.2, 0.25) is 0 Å². The second kappa shape index (κ2) is 2.45. The van der Waals surface area contributed by atoms with Crippen LogP contribution < -0.4 is 0 Å². The number of hydrogen-bond donors (Lipinski definition) is 0. The average Bonchev–Trinajstić information content (AvgIpc) is 2.53. The Bertz CT molecular complexity index is 290. The Balaban J connectivity index is 1.52. The van der Waals surface area contributed by atoms with Crippen LogP contribution in [0.4, 0.5) is 0 Å². The molecule has 4 bridgehead atoms. The fraction of sp³-hybridized carbons (Fsp3) is 1.00. The van der Waals surface area contributed by atoms with Crippen LogP contribution in [0.3, 0.4) is 0 Å². The standard InChI is InChI=1S/C14H22O/c1-2-3-4-15-14-7-11-5-12(9-14)8-13(12,6-11)10-14/h11H,2-10H2,1H3. The van der Waals surface area contributed by atoms with E-state index in [1.54, 1.807) is 19.3 Å². The SMILES string of the molecule is CCCCOC12CC3CC4(C1)CC4(C3)C2. The highest BCUT2D eigenvalue weighted by Gasteiger charge is 2.82. The molecule has 5 saturated carbocycles. The molecule has 0 aromatic heterocycles. The zero-order chi connectivity index (χ0) is 10.1. The van der Waals surface area contributed by atoms with E-state index in [1.807, 2.05) is 0 Å². The van der Waals surface area contributed by atoms with Crippen LogP contribution in [0.1, 0.15) is 58.3 Å². The van der Waals surface area contributed by atoms with Crippen molar-refractivity contribution in [2.75, 3.05) is 6.61 Å². The molecule has 15 heavy (non-hydrogen) atoms. The average molecular weight is 206 g/mol. The van der Waals surface area contributed by atoms with E-state index in [0.29, 0.717) is 5.60 Å². The lowest BCUT2D eigenvalue weighted by atomic mass is 9.71. The van der Waals surface area contributed by atoms with E-state index in [2.05, 4.69) is 6.92 Å². The van der Waals surface area contributed by atoms with Crippen molar-refractivity contribution < 1.29 is 4.74 Å². The molecule has 0 saturated heterocycles. The van der Waals surface area contributed by atoms with Crippen molar-refractivity contribution in [3.8, 4) is 0 Å². The summed E-state index contributed by atoms with van der Waals surface area (Å²) in [5.74, 6) is 1.04. The maximum absolute atomic E-state index is 6.29. The maximum Gasteiger partial charge on any atom is 0.0696 e. The fourth-order valence-electron chi connectivity index (χ4n) is 5.71. The van der Waals surface area contributed by atoms with Crippen LogP contribution >= 0.6 is 0 Å². The Hall–Kier alpha value is -0.0400. The first kappa shape index (κ1) is 9.04. The highest BCUT2D eigenvalue weighted by Crippen LogP contribution is 2.88. The van der Waals surface area contributed by atoms with Crippen molar-refractivity contribution in [2.45, 2.75) is 63.9 Å². The molecule has 2 atom stereocenters. The molecule has 84 valence electrons. The van der Waals surface area contributed by atoms with Crippen LogP contribution in [-0.2, 0) is 4.74 Å². The first-order valence-corrected chi connectivity index (χ1v) is 6.86. The summed E-state index contributed by atoms with van der Waals surface area (Å²) in [5.41, 5.74) is 1.98. The molecule has 0 aliphatic heterocycles. The molecule has 0 radical (unpaired) electrons. The van der Waals surface area contributed by atoms with Gasteiger partial charge in [-0.2, -0.15) is 0 Å².